The van der Waals surface area contributed by atoms with Gasteiger partial charge in [-0.15, -0.1) is 5.10 Å². The molecule has 0 aliphatic carbocycles. The lowest BCUT2D eigenvalue weighted by atomic mass is 10.0. The Kier molecular flexibility index (Phi) is 11.6. The highest BCUT2D eigenvalue weighted by molar-refractivity contribution is 6.30. The predicted molar refractivity (Wildman–Crippen MR) is 147 cm³/mol. The molecule has 2 bridgehead atoms. The number of halogens is 1. The van der Waals surface area contributed by atoms with Crippen LogP contribution in [0.2, 0.25) is 5.02 Å². The van der Waals surface area contributed by atoms with Crippen LogP contribution in [0, 0.1) is 5.92 Å². The number of H-pyrrole nitrogens is 1. The van der Waals surface area contributed by atoms with E-state index in [-0.39, 0.29) is 36.8 Å². The number of fused-ring (bicyclic) bond motifs is 3. The maximum absolute atomic E-state index is 13.5. The van der Waals surface area contributed by atoms with Gasteiger partial charge in [0.25, 0.3) is 12.4 Å². The Morgan fingerprint density at radius 2 is 1.98 bits per heavy atom. The van der Waals surface area contributed by atoms with Crippen molar-refractivity contribution in [1.82, 2.24) is 40.9 Å². The summed E-state index contributed by atoms with van der Waals surface area (Å²) in [6.07, 6.45) is 5.95. The highest BCUT2D eigenvalue weighted by atomic mass is 35.5. The third-order valence-electron chi connectivity index (χ3n) is 5.95. The molecule has 1 aliphatic heterocycles. The fourth-order valence-corrected chi connectivity index (χ4v) is 4.24. The van der Waals surface area contributed by atoms with E-state index >= 15 is 0 Å². The van der Waals surface area contributed by atoms with Gasteiger partial charge in [-0.05, 0) is 30.5 Å². The maximum Gasteiger partial charge on any atom is 0.290 e. The number of carbonyl (C=O) groups excluding carboxylic acids is 3. The number of hydrogen-bond donors (Lipinski definition) is 5. The first-order chi connectivity index (χ1) is 19.7. The number of aryl methyl sites for hydroxylation is 1. The van der Waals surface area contributed by atoms with Gasteiger partial charge in [0, 0.05) is 36.3 Å². The predicted octanol–water partition coefficient (Wildman–Crippen LogP) is 1.33. The van der Waals surface area contributed by atoms with Gasteiger partial charge in [0.15, 0.2) is 0 Å². The minimum Gasteiger partial charge on any atom is -0.493 e. The molecule has 0 spiro atoms. The van der Waals surface area contributed by atoms with Crippen LogP contribution in [0.1, 0.15) is 48.4 Å². The second-order valence-corrected chi connectivity index (χ2v) is 10.1. The molecule has 4 rings (SSSR count). The molecule has 3 aromatic rings. The highest BCUT2D eigenvalue weighted by Gasteiger charge is 2.29. The first kappa shape index (κ1) is 31.1. The van der Waals surface area contributed by atoms with Crippen molar-refractivity contribution in [3.8, 4) is 5.75 Å². The first-order valence-corrected chi connectivity index (χ1v) is 13.3. The molecule has 0 saturated carbocycles. The van der Waals surface area contributed by atoms with Gasteiger partial charge in [0.05, 0.1) is 31.2 Å². The highest BCUT2D eigenvalue weighted by Crippen LogP contribution is 2.24. The summed E-state index contributed by atoms with van der Waals surface area (Å²) in [7, 11) is 0. The summed E-state index contributed by atoms with van der Waals surface area (Å²) >= 11 is 6.17. The molecular formula is C26H33ClN8O6. The number of benzene rings is 1. The van der Waals surface area contributed by atoms with E-state index in [4.69, 9.17) is 26.2 Å². The standard InChI is InChI=1S/C25H31ClN8O4.CH2O2/c1-15(2)8-20-24(36)28-12-18-13-34(33-32-18)6-3-7-38-22-9-16(26)4-5-19(22)23(35)30-21(25(37)31-20)10-17-11-27-14-29-17;2-1-3/h4-5,9,11,13-15,20-21H,3,6-8,10,12H2,1-2H3,(H,27,29)(H,28,36)(H,30,35)(H,31,37);1H,(H,2,3)/t20?,21-;/m0./s1. The molecule has 1 aliphatic rings. The van der Waals surface area contributed by atoms with E-state index in [1.54, 1.807) is 35.3 Å². The molecule has 41 heavy (non-hydrogen) atoms. The number of rotatable bonds is 4. The lowest BCUT2D eigenvalue weighted by Crippen LogP contribution is -2.54. The SMILES string of the molecule is CC(C)CC1NC(=O)[C@H](Cc2cnc[nH]2)NC(=O)c2ccc(Cl)cc2OCCCn2cc(nn2)CNC1=O.O=CO. The number of imidazole rings is 1. The minimum absolute atomic E-state index is 0.124. The Bertz CT molecular complexity index is 1310. The van der Waals surface area contributed by atoms with Crippen LogP contribution < -0.4 is 20.7 Å². The first-order valence-electron chi connectivity index (χ1n) is 13.0. The van der Waals surface area contributed by atoms with E-state index in [0.717, 1.165) is 0 Å². The van der Waals surface area contributed by atoms with Crippen molar-refractivity contribution in [3.63, 3.8) is 0 Å². The second-order valence-electron chi connectivity index (χ2n) is 9.64. The summed E-state index contributed by atoms with van der Waals surface area (Å²) in [5.74, 6) is -0.935. The van der Waals surface area contributed by atoms with Crippen LogP contribution in [-0.2, 0) is 33.9 Å². The Morgan fingerprint density at radius 1 is 1.20 bits per heavy atom. The van der Waals surface area contributed by atoms with E-state index in [1.165, 1.54) is 6.33 Å². The zero-order chi connectivity index (χ0) is 29.8. The number of nitrogens with one attached hydrogen (secondary N) is 4. The largest absolute Gasteiger partial charge is 0.493 e. The summed E-state index contributed by atoms with van der Waals surface area (Å²) in [5.41, 5.74) is 1.47. The molecule has 3 amide bonds. The van der Waals surface area contributed by atoms with Gasteiger partial charge in [-0.2, -0.15) is 0 Å². The van der Waals surface area contributed by atoms with Gasteiger partial charge in [0.2, 0.25) is 11.8 Å². The van der Waals surface area contributed by atoms with Gasteiger partial charge in [-0.3, -0.25) is 23.9 Å². The summed E-state index contributed by atoms with van der Waals surface area (Å²) in [4.78, 5) is 55.2. The van der Waals surface area contributed by atoms with Crippen molar-refractivity contribution >= 4 is 35.8 Å². The molecule has 14 nitrogen and oxygen atoms in total. The fraction of sp³-hybridized carbons (Fsp3) is 0.423. The van der Waals surface area contributed by atoms with Crippen LogP contribution in [-0.4, -0.2) is 73.0 Å². The third kappa shape index (κ3) is 9.60. The molecule has 0 fully saturated rings. The molecule has 0 saturated heterocycles. The van der Waals surface area contributed by atoms with Crippen LogP contribution >= 0.6 is 11.6 Å². The van der Waals surface area contributed by atoms with E-state index in [1.807, 2.05) is 13.8 Å². The van der Waals surface area contributed by atoms with Gasteiger partial charge in [-0.25, -0.2) is 4.98 Å². The monoisotopic (exact) mass is 588 g/mol. The van der Waals surface area contributed by atoms with Crippen LogP contribution in [0.4, 0.5) is 0 Å². The van der Waals surface area contributed by atoms with Crippen LogP contribution in [0.3, 0.4) is 0 Å². The number of aromatic nitrogens is 5. The van der Waals surface area contributed by atoms with Gasteiger partial charge in [0.1, 0.15) is 23.5 Å². The van der Waals surface area contributed by atoms with Crippen molar-refractivity contribution in [2.75, 3.05) is 6.61 Å². The molecule has 0 radical (unpaired) electrons. The van der Waals surface area contributed by atoms with E-state index in [9.17, 15) is 14.4 Å². The van der Waals surface area contributed by atoms with Crippen molar-refractivity contribution in [2.45, 2.75) is 58.3 Å². The molecular weight excluding hydrogens is 556 g/mol. The quantitative estimate of drug-likeness (QED) is 0.279. The van der Waals surface area contributed by atoms with Crippen molar-refractivity contribution in [2.24, 2.45) is 5.92 Å². The number of carboxylic acid groups (broad SMARTS) is 1. The summed E-state index contributed by atoms with van der Waals surface area (Å²) in [6.45, 7) is 4.66. The lowest BCUT2D eigenvalue weighted by molar-refractivity contribution is -0.130. The number of hydrogen-bond acceptors (Lipinski definition) is 8. The average molecular weight is 589 g/mol. The van der Waals surface area contributed by atoms with Crippen molar-refractivity contribution < 1.29 is 29.0 Å². The van der Waals surface area contributed by atoms with Crippen molar-refractivity contribution in [3.05, 3.63) is 58.9 Å². The zero-order valence-electron chi connectivity index (χ0n) is 22.7. The average Bonchev–Trinajstić information content (AvgIpc) is 3.61. The van der Waals surface area contributed by atoms with E-state index in [0.29, 0.717) is 48.2 Å². The normalized spacial score (nSPS) is 18.3. The molecule has 2 atom stereocenters. The molecule has 1 aromatic carbocycles. The van der Waals surface area contributed by atoms with Crippen molar-refractivity contribution in [1.29, 1.82) is 0 Å². The Hall–Kier alpha value is -4.46. The fourth-order valence-electron chi connectivity index (χ4n) is 4.08. The molecule has 220 valence electrons. The lowest BCUT2D eigenvalue weighted by Gasteiger charge is -2.24. The second kappa shape index (κ2) is 15.4. The summed E-state index contributed by atoms with van der Waals surface area (Å²) < 4.78 is 7.55. The van der Waals surface area contributed by atoms with Gasteiger partial charge < -0.3 is 30.8 Å². The third-order valence-corrected chi connectivity index (χ3v) is 6.18. The van der Waals surface area contributed by atoms with E-state index in [2.05, 4.69) is 36.2 Å². The summed E-state index contributed by atoms with van der Waals surface area (Å²) in [5, 5.41) is 24.0. The smallest absolute Gasteiger partial charge is 0.290 e. The molecule has 15 heteroatoms. The Morgan fingerprint density at radius 3 is 2.68 bits per heavy atom. The number of aromatic amines is 1. The molecule has 5 N–H and O–H groups in total. The number of ether oxygens (including phenoxy) is 1. The minimum atomic E-state index is -0.993. The number of carbonyl (C=O) groups is 4. The molecule has 2 aromatic heterocycles. The van der Waals surface area contributed by atoms with E-state index < -0.39 is 23.9 Å². The summed E-state index contributed by atoms with van der Waals surface area (Å²) in [6, 6.07) is 2.89. The zero-order valence-corrected chi connectivity index (χ0v) is 23.4. The molecule has 1 unspecified atom stereocenters. The maximum atomic E-state index is 13.5. The Balaban J connectivity index is 0.00000147. The Labute approximate surface area is 241 Å². The molecule has 3 heterocycles. The topological polar surface area (TPSA) is 193 Å². The van der Waals surface area contributed by atoms with Gasteiger partial charge in [-0.1, -0.05) is 30.7 Å². The van der Waals surface area contributed by atoms with Crippen LogP contribution in [0.25, 0.3) is 0 Å². The van der Waals surface area contributed by atoms with Gasteiger partial charge >= 0.3 is 0 Å². The van der Waals surface area contributed by atoms with Crippen LogP contribution in [0.5, 0.6) is 5.75 Å². The number of amides is 3. The van der Waals surface area contributed by atoms with Crippen LogP contribution in [0.15, 0.2) is 36.9 Å². The number of nitrogens with zero attached hydrogens (tertiary/aromatic N) is 4.